The maximum atomic E-state index is 13.6. The monoisotopic (exact) mass is 469 g/mol. The molecule has 35 heavy (non-hydrogen) atoms. The minimum Gasteiger partial charge on any atom is -0.352 e. The van der Waals surface area contributed by atoms with Crippen molar-refractivity contribution >= 4 is 28.9 Å². The first-order valence-electron chi connectivity index (χ1n) is 11.9. The normalized spacial score (nSPS) is 20.8. The van der Waals surface area contributed by atoms with Crippen LogP contribution in [-0.4, -0.2) is 46.0 Å². The Balaban J connectivity index is 1.24. The van der Waals surface area contributed by atoms with Crippen LogP contribution in [0.2, 0.25) is 0 Å². The first-order valence-corrected chi connectivity index (χ1v) is 11.9. The second kappa shape index (κ2) is 7.78. The van der Waals surface area contributed by atoms with Crippen molar-refractivity contribution in [2.45, 2.75) is 19.0 Å². The summed E-state index contributed by atoms with van der Waals surface area (Å²) in [6.45, 7) is 3.51. The van der Waals surface area contributed by atoms with Crippen LogP contribution in [0.3, 0.4) is 0 Å². The Labute approximate surface area is 201 Å². The number of pyridine rings is 2. The molecule has 2 fully saturated rings. The van der Waals surface area contributed by atoms with Gasteiger partial charge < -0.3 is 20.9 Å². The minimum atomic E-state index is -0.334. The fourth-order valence-electron chi connectivity index (χ4n) is 5.77. The molecule has 0 bridgehead atoms. The molecule has 4 aromatic rings. The van der Waals surface area contributed by atoms with Crippen LogP contribution in [0.15, 0.2) is 54.9 Å². The van der Waals surface area contributed by atoms with Gasteiger partial charge in [-0.15, -0.1) is 0 Å². The number of hydrogen-bond acceptors (Lipinski definition) is 6. The first kappa shape index (κ1) is 20.4. The van der Waals surface area contributed by atoms with E-state index in [0.717, 1.165) is 42.3 Å². The van der Waals surface area contributed by atoms with Crippen LogP contribution in [0, 0.1) is 11.7 Å². The van der Waals surface area contributed by atoms with Crippen LogP contribution in [-0.2, 0) is 6.54 Å². The minimum absolute atomic E-state index is 0.125. The Bertz CT molecular complexity index is 1480. The van der Waals surface area contributed by atoms with Gasteiger partial charge in [-0.3, -0.25) is 9.20 Å². The summed E-state index contributed by atoms with van der Waals surface area (Å²) in [7, 11) is 0. The molecule has 9 heteroatoms. The Kier molecular flexibility index (Phi) is 4.53. The van der Waals surface area contributed by atoms with Crippen LogP contribution in [0.25, 0.3) is 16.9 Å². The zero-order chi connectivity index (χ0) is 23.5. The molecule has 8 nitrogen and oxygen atoms in total. The summed E-state index contributed by atoms with van der Waals surface area (Å²) in [5.74, 6) is 1.89. The molecule has 7 rings (SSSR count). The molecule has 0 unspecified atom stereocenters. The lowest BCUT2D eigenvalue weighted by Gasteiger charge is -2.25. The predicted molar refractivity (Wildman–Crippen MR) is 131 cm³/mol. The molecule has 6 heterocycles. The van der Waals surface area contributed by atoms with E-state index in [1.54, 1.807) is 12.4 Å². The van der Waals surface area contributed by atoms with E-state index in [1.165, 1.54) is 18.6 Å². The Hall–Kier alpha value is -3.98. The highest BCUT2D eigenvalue weighted by atomic mass is 19.1. The van der Waals surface area contributed by atoms with Gasteiger partial charge in [-0.2, -0.15) is 0 Å². The third kappa shape index (κ3) is 3.26. The molecular formula is C26H24FN7O. The standard InChI is InChI=1S/C26H24FN7O/c27-16-7-9-34-21(14-29-24(34)10-16)17-4-5-19(25-18(17)12-30-26(25)35)31-22-2-1-3-23(32-22)33-8-6-15-11-28-13-20(15)33/h1-5,7,9-10,14-15,20,28H,6,8,11-13H2,(H,30,35)(H,31,32)/t15-,20+/m0/s1. The van der Waals surface area contributed by atoms with Gasteiger partial charge in [0.25, 0.3) is 5.91 Å². The van der Waals surface area contributed by atoms with Crippen molar-refractivity contribution in [1.82, 2.24) is 25.0 Å². The van der Waals surface area contributed by atoms with Gasteiger partial charge in [0, 0.05) is 50.0 Å². The number of amides is 1. The van der Waals surface area contributed by atoms with Gasteiger partial charge in [0.05, 0.1) is 23.1 Å². The molecule has 1 aromatic carbocycles. The van der Waals surface area contributed by atoms with Crippen LogP contribution < -0.4 is 20.9 Å². The van der Waals surface area contributed by atoms with E-state index < -0.39 is 0 Å². The molecule has 1 amide bonds. The highest BCUT2D eigenvalue weighted by Crippen LogP contribution is 2.36. The number of anilines is 3. The largest absolute Gasteiger partial charge is 0.352 e. The van der Waals surface area contributed by atoms with E-state index in [9.17, 15) is 9.18 Å². The molecule has 3 N–H and O–H groups in total. The van der Waals surface area contributed by atoms with E-state index in [4.69, 9.17) is 4.98 Å². The molecule has 176 valence electrons. The van der Waals surface area contributed by atoms with Gasteiger partial charge in [-0.25, -0.2) is 14.4 Å². The fourth-order valence-corrected chi connectivity index (χ4v) is 5.77. The summed E-state index contributed by atoms with van der Waals surface area (Å²) in [5.41, 5.74) is 4.44. The zero-order valence-electron chi connectivity index (χ0n) is 19.0. The lowest BCUT2D eigenvalue weighted by atomic mass is 9.99. The Morgan fingerprint density at radius 1 is 1.14 bits per heavy atom. The Morgan fingerprint density at radius 3 is 3.03 bits per heavy atom. The van der Waals surface area contributed by atoms with Crippen molar-refractivity contribution in [1.29, 1.82) is 0 Å². The molecule has 3 aliphatic rings. The number of rotatable bonds is 4. The summed E-state index contributed by atoms with van der Waals surface area (Å²) in [6.07, 6.45) is 4.56. The molecule has 0 aliphatic carbocycles. The number of nitrogens with zero attached hydrogens (tertiary/aromatic N) is 4. The lowest BCUT2D eigenvalue weighted by molar-refractivity contribution is 0.0966. The van der Waals surface area contributed by atoms with Gasteiger partial charge in [0.1, 0.15) is 23.1 Å². The first-order chi connectivity index (χ1) is 17.2. The van der Waals surface area contributed by atoms with E-state index in [2.05, 4.69) is 31.9 Å². The molecule has 0 spiro atoms. The van der Waals surface area contributed by atoms with Crippen molar-refractivity contribution < 1.29 is 9.18 Å². The topological polar surface area (TPSA) is 86.6 Å². The number of aromatic nitrogens is 3. The molecule has 0 saturated carbocycles. The highest BCUT2D eigenvalue weighted by Gasteiger charge is 2.38. The van der Waals surface area contributed by atoms with Crippen LogP contribution in [0.4, 0.5) is 21.7 Å². The van der Waals surface area contributed by atoms with Crippen molar-refractivity contribution in [2.75, 3.05) is 29.9 Å². The maximum absolute atomic E-state index is 13.6. The zero-order valence-corrected chi connectivity index (χ0v) is 19.0. The summed E-state index contributed by atoms with van der Waals surface area (Å²) < 4.78 is 15.5. The van der Waals surface area contributed by atoms with Gasteiger partial charge >= 0.3 is 0 Å². The average Bonchev–Trinajstić information content (AvgIpc) is 3.63. The number of nitrogens with one attached hydrogen (secondary N) is 3. The van der Waals surface area contributed by atoms with E-state index in [0.29, 0.717) is 41.2 Å². The van der Waals surface area contributed by atoms with Crippen LogP contribution >= 0.6 is 0 Å². The van der Waals surface area contributed by atoms with Crippen LogP contribution in [0.1, 0.15) is 22.3 Å². The number of fused-ring (bicyclic) bond motifs is 3. The SMILES string of the molecule is O=C1NCc2c(-c3cnc4cc(F)ccn34)ccc(Nc3cccc(N4CC[C@H]5CNC[C@H]54)n3)c21. The third-order valence-corrected chi connectivity index (χ3v) is 7.45. The van der Waals surface area contributed by atoms with E-state index >= 15 is 0 Å². The van der Waals surface area contributed by atoms with Crippen molar-refractivity contribution in [2.24, 2.45) is 5.92 Å². The number of imidazole rings is 1. The summed E-state index contributed by atoms with van der Waals surface area (Å²) in [6, 6.07) is 13.2. The van der Waals surface area contributed by atoms with Gasteiger partial charge in [-0.1, -0.05) is 12.1 Å². The average molecular weight is 470 g/mol. The lowest BCUT2D eigenvalue weighted by Crippen LogP contribution is -2.34. The van der Waals surface area contributed by atoms with Gasteiger partial charge in [0.15, 0.2) is 0 Å². The molecule has 2 atom stereocenters. The fraction of sp³-hybridized carbons (Fsp3) is 0.269. The van der Waals surface area contributed by atoms with Crippen LogP contribution in [0.5, 0.6) is 0 Å². The maximum Gasteiger partial charge on any atom is 0.254 e. The van der Waals surface area contributed by atoms with Crippen molar-refractivity contribution in [3.63, 3.8) is 0 Å². The second-order valence-corrected chi connectivity index (χ2v) is 9.39. The Morgan fingerprint density at radius 2 is 2.09 bits per heavy atom. The quantitative estimate of drug-likeness (QED) is 0.425. The summed E-state index contributed by atoms with van der Waals surface area (Å²) in [5, 5.41) is 9.82. The van der Waals surface area contributed by atoms with Crippen molar-refractivity contribution in [3.05, 3.63) is 71.8 Å². The van der Waals surface area contributed by atoms with E-state index in [-0.39, 0.29) is 11.7 Å². The third-order valence-electron chi connectivity index (χ3n) is 7.45. The van der Waals surface area contributed by atoms with Gasteiger partial charge in [-0.05, 0) is 42.2 Å². The number of benzene rings is 1. The molecule has 0 radical (unpaired) electrons. The molecule has 2 saturated heterocycles. The number of hydrogen-bond donors (Lipinski definition) is 3. The molecule has 3 aliphatic heterocycles. The number of carbonyl (C=O) groups is 1. The van der Waals surface area contributed by atoms with E-state index in [1.807, 2.05) is 28.7 Å². The predicted octanol–water partition coefficient (Wildman–Crippen LogP) is 3.32. The van der Waals surface area contributed by atoms with Crippen molar-refractivity contribution in [3.8, 4) is 11.3 Å². The second-order valence-electron chi connectivity index (χ2n) is 9.39. The molecular weight excluding hydrogens is 445 g/mol. The summed E-state index contributed by atoms with van der Waals surface area (Å²) in [4.78, 5) is 24.5. The smallest absolute Gasteiger partial charge is 0.254 e. The van der Waals surface area contributed by atoms with Gasteiger partial charge in [0.2, 0.25) is 0 Å². The molecule has 3 aromatic heterocycles. The number of halogens is 1. The number of carbonyl (C=O) groups excluding carboxylic acids is 1. The highest BCUT2D eigenvalue weighted by molar-refractivity contribution is 6.06. The summed E-state index contributed by atoms with van der Waals surface area (Å²) >= 11 is 0.